The molecule has 0 aliphatic carbocycles. The van der Waals surface area contributed by atoms with E-state index in [2.05, 4.69) is 20.3 Å². The predicted octanol–water partition coefficient (Wildman–Crippen LogP) is 5.32. The molecule has 7 nitrogen and oxygen atoms in total. The number of nitrogens with zero attached hydrogens (tertiary/aromatic N) is 4. The van der Waals surface area contributed by atoms with Crippen LogP contribution >= 0.6 is 0 Å². The standard InChI is InChI=1S/C25H23F3N6O/c1-2-35-13-21-33-22(18-9-6-14-5-7-15(29)12-20(14)31-18)16-8-10-19(32-24(16)34-21)23-17(25(26,27)28)4-3-11-30-23/h3-5,7-8,10-12,18,31H,2,6,9,13,29H2,1H3. The normalized spacial score (nSPS) is 15.6. The van der Waals surface area contributed by atoms with Crippen LogP contribution in [0.25, 0.3) is 22.4 Å². The van der Waals surface area contributed by atoms with Crippen molar-refractivity contribution in [2.75, 3.05) is 17.7 Å². The first-order valence-corrected chi connectivity index (χ1v) is 11.3. The van der Waals surface area contributed by atoms with Gasteiger partial charge in [-0.25, -0.2) is 15.0 Å². The van der Waals surface area contributed by atoms with Crippen LogP contribution in [0.5, 0.6) is 0 Å². The van der Waals surface area contributed by atoms with Gasteiger partial charge in [0.15, 0.2) is 11.5 Å². The Hall–Kier alpha value is -3.79. The number of rotatable bonds is 5. The number of aromatic nitrogens is 4. The highest BCUT2D eigenvalue weighted by molar-refractivity contribution is 5.81. The van der Waals surface area contributed by atoms with Crippen LogP contribution < -0.4 is 11.1 Å². The van der Waals surface area contributed by atoms with E-state index in [0.29, 0.717) is 34.8 Å². The second-order valence-corrected chi connectivity index (χ2v) is 8.28. The van der Waals surface area contributed by atoms with Gasteiger partial charge >= 0.3 is 6.18 Å². The summed E-state index contributed by atoms with van der Waals surface area (Å²) in [6.45, 7) is 2.50. The van der Waals surface area contributed by atoms with Gasteiger partial charge in [0.25, 0.3) is 0 Å². The Balaban J connectivity index is 1.61. The molecule has 3 aromatic heterocycles. The van der Waals surface area contributed by atoms with Crippen LogP contribution in [0.4, 0.5) is 24.5 Å². The molecule has 1 aromatic carbocycles. The van der Waals surface area contributed by atoms with E-state index < -0.39 is 11.7 Å². The molecule has 1 aliphatic heterocycles. The molecule has 1 unspecified atom stereocenters. The topological polar surface area (TPSA) is 98.8 Å². The summed E-state index contributed by atoms with van der Waals surface area (Å²) in [6, 6.07) is 11.1. The lowest BCUT2D eigenvalue weighted by molar-refractivity contribution is -0.137. The van der Waals surface area contributed by atoms with Crippen molar-refractivity contribution < 1.29 is 17.9 Å². The van der Waals surface area contributed by atoms with E-state index in [1.54, 1.807) is 6.07 Å². The van der Waals surface area contributed by atoms with E-state index in [-0.39, 0.29) is 24.0 Å². The summed E-state index contributed by atoms with van der Waals surface area (Å²) < 4.78 is 46.3. The van der Waals surface area contributed by atoms with Gasteiger partial charge in [-0.2, -0.15) is 13.2 Å². The number of anilines is 2. The summed E-state index contributed by atoms with van der Waals surface area (Å²) in [4.78, 5) is 17.7. The molecule has 0 amide bonds. The summed E-state index contributed by atoms with van der Waals surface area (Å²) in [6.07, 6.45) is -1.64. The van der Waals surface area contributed by atoms with Crippen molar-refractivity contribution in [3.8, 4) is 11.4 Å². The molecule has 0 spiro atoms. The van der Waals surface area contributed by atoms with Crippen molar-refractivity contribution in [3.05, 3.63) is 71.3 Å². The Kier molecular flexibility index (Phi) is 5.98. The summed E-state index contributed by atoms with van der Waals surface area (Å²) >= 11 is 0. The zero-order valence-electron chi connectivity index (χ0n) is 18.9. The summed E-state index contributed by atoms with van der Waals surface area (Å²) in [5.41, 5.74) is 8.74. The molecule has 35 heavy (non-hydrogen) atoms. The quantitative estimate of drug-likeness (QED) is 0.373. The van der Waals surface area contributed by atoms with Crippen molar-refractivity contribution in [1.29, 1.82) is 0 Å². The molecule has 4 heterocycles. The molecule has 0 radical (unpaired) electrons. The number of hydrogen-bond donors (Lipinski definition) is 2. The number of fused-ring (bicyclic) bond motifs is 2. The first-order chi connectivity index (χ1) is 16.8. The smallest absolute Gasteiger partial charge is 0.399 e. The van der Waals surface area contributed by atoms with Crippen LogP contribution in [0.3, 0.4) is 0 Å². The molecule has 180 valence electrons. The van der Waals surface area contributed by atoms with Gasteiger partial charge in [0, 0.05) is 29.6 Å². The number of nitrogens with one attached hydrogen (secondary N) is 1. The Morgan fingerprint density at radius 1 is 1.11 bits per heavy atom. The van der Waals surface area contributed by atoms with Gasteiger partial charge in [-0.15, -0.1) is 0 Å². The van der Waals surface area contributed by atoms with Gasteiger partial charge in [-0.3, -0.25) is 4.98 Å². The highest BCUT2D eigenvalue weighted by atomic mass is 19.4. The van der Waals surface area contributed by atoms with Crippen LogP contribution in [0.15, 0.2) is 48.7 Å². The maximum atomic E-state index is 13.6. The molecule has 0 saturated heterocycles. The van der Waals surface area contributed by atoms with Crippen LogP contribution in [0, 0.1) is 0 Å². The third kappa shape index (κ3) is 4.61. The number of aryl methyl sites for hydroxylation is 1. The SMILES string of the molecule is CCOCc1nc(C2CCc3ccc(N)cc3N2)c2ccc(-c3ncccc3C(F)(F)F)nc2n1. The maximum absolute atomic E-state index is 13.6. The largest absolute Gasteiger partial charge is 0.418 e. The Bertz CT molecular complexity index is 1390. The van der Waals surface area contributed by atoms with Crippen molar-refractivity contribution >= 4 is 22.4 Å². The minimum atomic E-state index is -4.56. The van der Waals surface area contributed by atoms with E-state index in [0.717, 1.165) is 24.6 Å². The van der Waals surface area contributed by atoms with Crippen molar-refractivity contribution in [2.24, 2.45) is 0 Å². The molecular formula is C25H23F3N6O. The Labute approximate surface area is 199 Å². The third-order valence-corrected chi connectivity index (χ3v) is 5.92. The van der Waals surface area contributed by atoms with Crippen molar-refractivity contribution in [1.82, 2.24) is 19.9 Å². The number of benzene rings is 1. The summed E-state index contributed by atoms with van der Waals surface area (Å²) in [5, 5.41) is 4.16. The van der Waals surface area contributed by atoms with Gasteiger partial charge in [-0.1, -0.05) is 6.07 Å². The van der Waals surface area contributed by atoms with Crippen LogP contribution in [0.1, 0.15) is 42.0 Å². The van der Waals surface area contributed by atoms with E-state index in [1.807, 2.05) is 25.1 Å². The average molecular weight is 480 g/mol. The highest BCUT2D eigenvalue weighted by Gasteiger charge is 2.35. The molecule has 10 heteroatoms. The molecular weight excluding hydrogens is 457 g/mol. The molecule has 3 N–H and O–H groups in total. The number of pyridine rings is 2. The van der Waals surface area contributed by atoms with E-state index in [1.165, 1.54) is 23.9 Å². The van der Waals surface area contributed by atoms with Gasteiger partial charge in [0.05, 0.1) is 23.0 Å². The second-order valence-electron chi connectivity index (χ2n) is 8.28. The molecule has 0 fully saturated rings. The molecule has 0 bridgehead atoms. The first kappa shape index (κ1) is 23.0. The molecule has 1 aliphatic rings. The lowest BCUT2D eigenvalue weighted by Gasteiger charge is -2.28. The van der Waals surface area contributed by atoms with Crippen LogP contribution in [0.2, 0.25) is 0 Å². The number of nitrogens with two attached hydrogens (primary N) is 1. The van der Waals surface area contributed by atoms with Crippen LogP contribution in [-0.4, -0.2) is 26.5 Å². The fraction of sp³-hybridized carbons (Fsp3) is 0.280. The average Bonchev–Trinajstić information content (AvgIpc) is 2.85. The number of alkyl halides is 3. The number of ether oxygens (including phenoxy) is 1. The lowest BCUT2D eigenvalue weighted by Crippen LogP contribution is -2.21. The van der Waals surface area contributed by atoms with Crippen molar-refractivity contribution in [3.63, 3.8) is 0 Å². The zero-order chi connectivity index (χ0) is 24.6. The van der Waals surface area contributed by atoms with Crippen LogP contribution in [-0.2, 0) is 23.9 Å². The zero-order valence-corrected chi connectivity index (χ0v) is 18.9. The summed E-state index contributed by atoms with van der Waals surface area (Å²) in [5.74, 6) is 0.413. The van der Waals surface area contributed by atoms with Crippen molar-refractivity contribution in [2.45, 2.75) is 38.6 Å². The Morgan fingerprint density at radius 2 is 1.97 bits per heavy atom. The van der Waals surface area contributed by atoms with E-state index in [4.69, 9.17) is 15.5 Å². The summed E-state index contributed by atoms with van der Waals surface area (Å²) in [7, 11) is 0. The highest BCUT2D eigenvalue weighted by Crippen LogP contribution is 2.37. The minimum Gasteiger partial charge on any atom is -0.399 e. The monoisotopic (exact) mass is 480 g/mol. The molecule has 5 rings (SSSR count). The van der Waals surface area contributed by atoms with E-state index in [9.17, 15) is 13.2 Å². The van der Waals surface area contributed by atoms with Gasteiger partial charge < -0.3 is 15.8 Å². The Morgan fingerprint density at radius 3 is 2.77 bits per heavy atom. The van der Waals surface area contributed by atoms with Gasteiger partial charge in [-0.05, 0) is 61.7 Å². The molecule has 1 atom stereocenters. The van der Waals surface area contributed by atoms with E-state index >= 15 is 0 Å². The molecule has 4 aromatic rings. The van der Waals surface area contributed by atoms with Gasteiger partial charge in [0.2, 0.25) is 0 Å². The second kappa shape index (κ2) is 9.10. The number of nitrogen functional groups attached to an aromatic ring is 1. The fourth-order valence-corrected chi connectivity index (χ4v) is 4.28. The number of hydrogen-bond acceptors (Lipinski definition) is 7. The lowest BCUT2D eigenvalue weighted by atomic mass is 9.94. The maximum Gasteiger partial charge on any atom is 0.418 e. The fourth-order valence-electron chi connectivity index (χ4n) is 4.28. The van der Waals surface area contributed by atoms with Gasteiger partial charge in [0.1, 0.15) is 12.3 Å². The third-order valence-electron chi connectivity index (χ3n) is 5.92. The number of halogens is 3. The predicted molar refractivity (Wildman–Crippen MR) is 126 cm³/mol. The first-order valence-electron chi connectivity index (χ1n) is 11.3. The molecule has 0 saturated carbocycles. The minimum absolute atomic E-state index is 0.0900.